The fraction of sp³-hybridized carbons (Fsp3) is 0.462. The van der Waals surface area contributed by atoms with Crippen LogP contribution >= 0.6 is 31.9 Å². The lowest BCUT2D eigenvalue weighted by atomic mass is 9.78. The van der Waals surface area contributed by atoms with Gasteiger partial charge in [-0.05, 0) is 59.8 Å². The van der Waals surface area contributed by atoms with Crippen molar-refractivity contribution in [3.05, 3.63) is 33.8 Å². The first-order valence-electron chi connectivity index (χ1n) is 5.71. The SMILES string of the molecule is Cc1ccc(C(=O)NC2(CBr)CCC2)c(Br)c1. The van der Waals surface area contributed by atoms with Crippen LogP contribution in [0.4, 0.5) is 0 Å². The molecule has 0 aliphatic heterocycles. The molecule has 1 saturated carbocycles. The van der Waals surface area contributed by atoms with Crippen LogP contribution in [0.1, 0.15) is 35.2 Å². The number of rotatable bonds is 3. The number of carbonyl (C=O) groups is 1. The molecule has 1 amide bonds. The van der Waals surface area contributed by atoms with Crippen molar-refractivity contribution in [3.8, 4) is 0 Å². The van der Waals surface area contributed by atoms with E-state index in [1.807, 2.05) is 25.1 Å². The Bertz CT molecular complexity index is 436. The van der Waals surface area contributed by atoms with Gasteiger partial charge in [-0.3, -0.25) is 4.79 Å². The molecular formula is C13H15Br2NO. The van der Waals surface area contributed by atoms with E-state index in [9.17, 15) is 4.79 Å². The van der Waals surface area contributed by atoms with Crippen LogP contribution in [-0.2, 0) is 0 Å². The maximum Gasteiger partial charge on any atom is 0.252 e. The molecule has 1 N–H and O–H groups in total. The van der Waals surface area contributed by atoms with Crippen LogP contribution in [0.2, 0.25) is 0 Å². The van der Waals surface area contributed by atoms with Gasteiger partial charge in [-0.1, -0.05) is 22.0 Å². The van der Waals surface area contributed by atoms with Crippen LogP contribution in [0.3, 0.4) is 0 Å². The highest BCUT2D eigenvalue weighted by Gasteiger charge is 2.37. The number of benzene rings is 1. The molecule has 0 bridgehead atoms. The zero-order chi connectivity index (χ0) is 12.5. The molecule has 2 rings (SSSR count). The van der Waals surface area contributed by atoms with E-state index >= 15 is 0 Å². The Hall–Kier alpha value is -0.350. The van der Waals surface area contributed by atoms with Crippen LogP contribution in [0.25, 0.3) is 0 Å². The van der Waals surface area contributed by atoms with E-state index < -0.39 is 0 Å². The maximum atomic E-state index is 12.2. The van der Waals surface area contributed by atoms with E-state index in [1.165, 1.54) is 6.42 Å². The van der Waals surface area contributed by atoms with Crippen molar-refractivity contribution in [1.29, 1.82) is 0 Å². The van der Waals surface area contributed by atoms with Gasteiger partial charge >= 0.3 is 0 Å². The van der Waals surface area contributed by atoms with Crippen LogP contribution < -0.4 is 5.32 Å². The van der Waals surface area contributed by atoms with Crippen molar-refractivity contribution in [2.75, 3.05) is 5.33 Å². The summed E-state index contributed by atoms with van der Waals surface area (Å²) < 4.78 is 0.860. The summed E-state index contributed by atoms with van der Waals surface area (Å²) in [7, 11) is 0. The van der Waals surface area contributed by atoms with Gasteiger partial charge in [0.1, 0.15) is 0 Å². The van der Waals surface area contributed by atoms with Crippen molar-refractivity contribution in [2.45, 2.75) is 31.7 Å². The average molecular weight is 361 g/mol. The van der Waals surface area contributed by atoms with Gasteiger partial charge in [-0.15, -0.1) is 0 Å². The Balaban J connectivity index is 2.14. The number of hydrogen-bond acceptors (Lipinski definition) is 1. The molecule has 1 fully saturated rings. The van der Waals surface area contributed by atoms with Crippen molar-refractivity contribution in [3.63, 3.8) is 0 Å². The predicted molar refractivity (Wildman–Crippen MR) is 76.7 cm³/mol. The molecule has 1 aromatic carbocycles. The topological polar surface area (TPSA) is 29.1 Å². The van der Waals surface area contributed by atoms with Gasteiger partial charge in [0.05, 0.1) is 11.1 Å². The fourth-order valence-corrected chi connectivity index (χ4v) is 3.38. The number of aryl methyl sites for hydroxylation is 1. The van der Waals surface area contributed by atoms with Gasteiger partial charge in [0.15, 0.2) is 0 Å². The zero-order valence-corrected chi connectivity index (χ0v) is 12.9. The molecule has 17 heavy (non-hydrogen) atoms. The van der Waals surface area contributed by atoms with Gasteiger partial charge in [0.2, 0.25) is 0 Å². The Morgan fingerprint density at radius 2 is 2.18 bits per heavy atom. The standard InChI is InChI=1S/C13H15Br2NO/c1-9-3-4-10(11(15)7-9)12(17)16-13(8-14)5-2-6-13/h3-4,7H,2,5-6,8H2,1H3,(H,16,17). The first kappa shape index (κ1) is 13.1. The third-order valence-electron chi connectivity index (χ3n) is 3.31. The third kappa shape index (κ3) is 2.74. The number of alkyl halides is 1. The second-order valence-corrected chi connectivity index (χ2v) is 6.12. The summed E-state index contributed by atoms with van der Waals surface area (Å²) >= 11 is 6.93. The molecule has 0 radical (unpaired) electrons. The zero-order valence-electron chi connectivity index (χ0n) is 9.72. The lowest BCUT2D eigenvalue weighted by Crippen LogP contribution is -2.54. The Labute approximate surface area is 118 Å². The monoisotopic (exact) mass is 359 g/mol. The summed E-state index contributed by atoms with van der Waals surface area (Å²) in [5.74, 6) is 0.0102. The summed E-state index contributed by atoms with van der Waals surface area (Å²) in [6.45, 7) is 2.01. The summed E-state index contributed by atoms with van der Waals surface area (Å²) in [6.07, 6.45) is 3.32. The van der Waals surface area contributed by atoms with Crippen molar-refractivity contribution >= 4 is 37.8 Å². The molecular weight excluding hydrogens is 346 g/mol. The number of hydrogen-bond donors (Lipinski definition) is 1. The largest absolute Gasteiger partial charge is 0.346 e. The van der Waals surface area contributed by atoms with E-state index in [4.69, 9.17) is 0 Å². The minimum atomic E-state index is -0.0264. The molecule has 4 heteroatoms. The first-order valence-corrected chi connectivity index (χ1v) is 7.62. The summed E-state index contributed by atoms with van der Waals surface area (Å²) in [6, 6.07) is 5.80. The third-order valence-corrected chi connectivity index (χ3v) is 5.04. The molecule has 1 aromatic rings. The molecule has 0 saturated heterocycles. The van der Waals surface area contributed by atoms with E-state index in [2.05, 4.69) is 37.2 Å². The first-order chi connectivity index (χ1) is 8.06. The molecule has 2 nitrogen and oxygen atoms in total. The quantitative estimate of drug-likeness (QED) is 0.816. The second-order valence-electron chi connectivity index (χ2n) is 4.70. The molecule has 92 valence electrons. The van der Waals surface area contributed by atoms with Crippen LogP contribution in [-0.4, -0.2) is 16.8 Å². The Morgan fingerprint density at radius 1 is 1.47 bits per heavy atom. The van der Waals surface area contributed by atoms with E-state index in [1.54, 1.807) is 0 Å². The van der Waals surface area contributed by atoms with Crippen molar-refractivity contribution in [1.82, 2.24) is 5.32 Å². The fourth-order valence-electron chi connectivity index (χ4n) is 2.01. The Kier molecular flexibility index (Phi) is 3.93. The lowest BCUT2D eigenvalue weighted by Gasteiger charge is -2.41. The Morgan fingerprint density at radius 3 is 2.65 bits per heavy atom. The molecule has 0 atom stereocenters. The van der Waals surface area contributed by atoms with Gasteiger partial charge < -0.3 is 5.32 Å². The molecule has 0 heterocycles. The lowest BCUT2D eigenvalue weighted by molar-refractivity contribution is 0.0855. The smallest absolute Gasteiger partial charge is 0.252 e. The number of halogens is 2. The highest BCUT2D eigenvalue weighted by Crippen LogP contribution is 2.34. The molecule has 1 aliphatic carbocycles. The minimum absolute atomic E-state index is 0.0102. The summed E-state index contributed by atoms with van der Waals surface area (Å²) in [5.41, 5.74) is 1.83. The van der Waals surface area contributed by atoms with Crippen molar-refractivity contribution in [2.24, 2.45) is 0 Å². The van der Waals surface area contributed by atoms with Gasteiger partial charge in [-0.25, -0.2) is 0 Å². The molecule has 0 aromatic heterocycles. The van der Waals surface area contributed by atoms with Gasteiger partial charge in [0, 0.05) is 9.80 Å². The summed E-state index contributed by atoms with van der Waals surface area (Å²) in [4.78, 5) is 12.2. The minimum Gasteiger partial charge on any atom is -0.346 e. The van der Waals surface area contributed by atoms with Crippen LogP contribution in [0.5, 0.6) is 0 Å². The molecule has 0 unspecified atom stereocenters. The number of carbonyl (C=O) groups excluding carboxylic acids is 1. The summed E-state index contributed by atoms with van der Waals surface area (Å²) in [5, 5.41) is 3.97. The molecule has 1 aliphatic rings. The highest BCUT2D eigenvalue weighted by molar-refractivity contribution is 9.10. The van der Waals surface area contributed by atoms with Crippen LogP contribution in [0, 0.1) is 6.92 Å². The van der Waals surface area contributed by atoms with E-state index in [-0.39, 0.29) is 11.4 Å². The maximum absolute atomic E-state index is 12.2. The number of nitrogens with one attached hydrogen (secondary N) is 1. The van der Waals surface area contributed by atoms with Crippen molar-refractivity contribution < 1.29 is 4.79 Å². The van der Waals surface area contributed by atoms with E-state index in [0.29, 0.717) is 5.56 Å². The normalized spacial score (nSPS) is 17.4. The van der Waals surface area contributed by atoms with Gasteiger partial charge in [-0.2, -0.15) is 0 Å². The number of amides is 1. The predicted octanol–water partition coefficient (Wildman–Crippen LogP) is 3.80. The van der Waals surface area contributed by atoms with Gasteiger partial charge in [0.25, 0.3) is 5.91 Å². The van der Waals surface area contributed by atoms with E-state index in [0.717, 1.165) is 28.2 Å². The van der Waals surface area contributed by atoms with Crippen LogP contribution in [0.15, 0.2) is 22.7 Å². The highest BCUT2D eigenvalue weighted by atomic mass is 79.9. The second kappa shape index (κ2) is 5.11. The average Bonchev–Trinajstić information content (AvgIpc) is 2.23. The molecule has 0 spiro atoms.